The quantitative estimate of drug-likeness (QED) is 0.900. The molecule has 20 heavy (non-hydrogen) atoms. The lowest BCUT2D eigenvalue weighted by atomic mass is 10.2. The summed E-state index contributed by atoms with van der Waals surface area (Å²) in [4.78, 5) is 14.8. The summed E-state index contributed by atoms with van der Waals surface area (Å²) in [5.74, 6) is 2.09. The second kappa shape index (κ2) is 6.31. The van der Waals surface area contributed by atoms with E-state index < -0.39 is 0 Å². The van der Waals surface area contributed by atoms with E-state index in [2.05, 4.69) is 48.0 Å². The highest BCUT2D eigenvalue weighted by Crippen LogP contribution is 2.24. The van der Waals surface area contributed by atoms with Crippen LogP contribution in [0.4, 0.5) is 5.82 Å². The van der Waals surface area contributed by atoms with Crippen LogP contribution >= 0.6 is 11.3 Å². The number of nitrogens with one attached hydrogen (secondary N) is 1. The van der Waals surface area contributed by atoms with Crippen molar-refractivity contribution in [3.05, 3.63) is 33.7 Å². The lowest BCUT2D eigenvalue weighted by Gasteiger charge is -2.14. The summed E-state index contributed by atoms with van der Waals surface area (Å²) >= 11 is 1.76. The summed E-state index contributed by atoms with van der Waals surface area (Å²) in [5, 5.41) is 4.53. The molecule has 0 aliphatic rings. The largest absolute Gasteiger partial charge is 0.361 e. The Kier molecular flexibility index (Phi) is 4.70. The topological polar surface area (TPSA) is 50.7 Å². The van der Waals surface area contributed by atoms with Gasteiger partial charge < -0.3 is 5.32 Å². The first-order valence-corrected chi connectivity index (χ1v) is 7.88. The van der Waals surface area contributed by atoms with Crippen molar-refractivity contribution in [1.29, 1.82) is 0 Å². The maximum Gasteiger partial charge on any atom is 0.133 e. The average molecular weight is 290 g/mol. The third-order valence-corrected chi connectivity index (χ3v) is 4.37. The van der Waals surface area contributed by atoms with Crippen molar-refractivity contribution in [1.82, 2.24) is 15.0 Å². The Morgan fingerprint density at radius 2 is 2.00 bits per heavy atom. The number of nitrogens with zero attached hydrogens (tertiary/aromatic N) is 3. The number of aryl methyl sites for hydroxylation is 2. The first kappa shape index (κ1) is 14.9. The molecule has 0 saturated heterocycles. The molecule has 1 atom stereocenters. The van der Waals surface area contributed by atoms with Crippen LogP contribution in [0.1, 0.15) is 61.1 Å². The summed E-state index contributed by atoms with van der Waals surface area (Å²) < 4.78 is 0. The zero-order chi connectivity index (χ0) is 14.7. The fraction of sp³-hybridized carbons (Fsp3) is 0.533. The van der Waals surface area contributed by atoms with Gasteiger partial charge in [0, 0.05) is 28.8 Å². The highest BCUT2D eigenvalue weighted by Gasteiger charge is 2.12. The zero-order valence-electron chi connectivity index (χ0n) is 12.8. The zero-order valence-corrected chi connectivity index (χ0v) is 13.6. The molecule has 0 spiro atoms. The first-order chi connectivity index (χ1) is 9.49. The van der Waals surface area contributed by atoms with E-state index in [0.717, 1.165) is 28.8 Å². The lowest BCUT2D eigenvalue weighted by molar-refractivity contribution is 0.760. The maximum atomic E-state index is 4.58. The van der Waals surface area contributed by atoms with E-state index in [-0.39, 0.29) is 6.04 Å². The fourth-order valence-corrected chi connectivity index (χ4v) is 2.75. The molecule has 0 aliphatic carbocycles. The third-order valence-electron chi connectivity index (χ3n) is 3.04. The number of thiazole rings is 1. The van der Waals surface area contributed by atoms with E-state index in [0.29, 0.717) is 5.92 Å². The van der Waals surface area contributed by atoms with E-state index in [4.69, 9.17) is 0 Å². The third kappa shape index (κ3) is 3.54. The SMILES string of the molecule is CCc1cnc(C(C)Nc2cc(C)nc(C(C)C)n2)s1. The van der Waals surface area contributed by atoms with Crippen molar-refractivity contribution >= 4 is 17.2 Å². The molecule has 0 radical (unpaired) electrons. The van der Waals surface area contributed by atoms with E-state index in [9.17, 15) is 0 Å². The molecule has 2 aromatic rings. The van der Waals surface area contributed by atoms with Crippen molar-refractivity contribution in [2.75, 3.05) is 5.32 Å². The summed E-state index contributed by atoms with van der Waals surface area (Å²) in [6.07, 6.45) is 3.00. The fourth-order valence-electron chi connectivity index (χ4n) is 1.89. The van der Waals surface area contributed by atoms with Crippen LogP contribution in [0.25, 0.3) is 0 Å². The van der Waals surface area contributed by atoms with Gasteiger partial charge in [-0.2, -0.15) is 0 Å². The normalized spacial score (nSPS) is 12.7. The van der Waals surface area contributed by atoms with Crippen LogP contribution in [0, 0.1) is 6.92 Å². The molecule has 108 valence electrons. The van der Waals surface area contributed by atoms with Gasteiger partial charge in [-0.1, -0.05) is 20.8 Å². The van der Waals surface area contributed by atoms with Crippen LogP contribution in [0.15, 0.2) is 12.3 Å². The van der Waals surface area contributed by atoms with E-state index >= 15 is 0 Å². The molecule has 1 N–H and O–H groups in total. The molecule has 2 heterocycles. The Balaban J connectivity index is 2.16. The molecule has 1 unspecified atom stereocenters. The molecular formula is C15H22N4S. The van der Waals surface area contributed by atoms with Gasteiger partial charge in [0.05, 0.1) is 6.04 Å². The van der Waals surface area contributed by atoms with Gasteiger partial charge >= 0.3 is 0 Å². The molecule has 4 nitrogen and oxygen atoms in total. The smallest absolute Gasteiger partial charge is 0.133 e. The Labute approximate surface area is 124 Å². The van der Waals surface area contributed by atoms with Gasteiger partial charge in [-0.05, 0) is 20.3 Å². The molecule has 0 amide bonds. The summed E-state index contributed by atoms with van der Waals surface area (Å²) in [6, 6.07) is 2.14. The summed E-state index contributed by atoms with van der Waals surface area (Å²) in [5.41, 5.74) is 0.992. The molecule has 0 fully saturated rings. The number of rotatable bonds is 5. The number of hydrogen-bond acceptors (Lipinski definition) is 5. The number of anilines is 1. The van der Waals surface area contributed by atoms with Crippen molar-refractivity contribution in [2.24, 2.45) is 0 Å². The molecule has 5 heteroatoms. The standard InChI is InChI=1S/C15H22N4S/c1-6-12-8-16-15(20-12)11(5)18-13-7-10(4)17-14(19-13)9(2)3/h7-9,11H,6H2,1-5H3,(H,17,18,19). The predicted molar refractivity (Wildman–Crippen MR) is 84.4 cm³/mol. The van der Waals surface area contributed by atoms with Gasteiger partial charge in [-0.3, -0.25) is 0 Å². The maximum absolute atomic E-state index is 4.58. The molecule has 0 saturated carbocycles. The van der Waals surface area contributed by atoms with E-state index in [1.165, 1.54) is 4.88 Å². The van der Waals surface area contributed by atoms with Crippen LogP contribution < -0.4 is 5.32 Å². The highest BCUT2D eigenvalue weighted by atomic mass is 32.1. The predicted octanol–water partition coefficient (Wildman–Crippen LogP) is 4.10. The minimum absolute atomic E-state index is 0.162. The molecule has 0 aliphatic heterocycles. The molecule has 0 aromatic carbocycles. The van der Waals surface area contributed by atoms with E-state index in [1.807, 2.05) is 19.2 Å². The van der Waals surface area contributed by atoms with Crippen molar-refractivity contribution < 1.29 is 0 Å². The summed E-state index contributed by atoms with van der Waals surface area (Å²) in [6.45, 7) is 10.5. The van der Waals surface area contributed by atoms with Crippen LogP contribution in [0.5, 0.6) is 0 Å². The van der Waals surface area contributed by atoms with Gasteiger partial charge in [-0.25, -0.2) is 15.0 Å². The van der Waals surface area contributed by atoms with Crippen LogP contribution in [-0.2, 0) is 6.42 Å². The van der Waals surface area contributed by atoms with Gasteiger partial charge in [-0.15, -0.1) is 11.3 Å². The van der Waals surface area contributed by atoms with Gasteiger partial charge in [0.15, 0.2) is 0 Å². The Bertz CT molecular complexity index is 577. The highest BCUT2D eigenvalue weighted by molar-refractivity contribution is 7.11. The van der Waals surface area contributed by atoms with E-state index in [1.54, 1.807) is 11.3 Å². The van der Waals surface area contributed by atoms with Gasteiger partial charge in [0.2, 0.25) is 0 Å². The number of hydrogen-bond donors (Lipinski definition) is 1. The number of aromatic nitrogens is 3. The Morgan fingerprint density at radius 3 is 2.60 bits per heavy atom. The monoisotopic (exact) mass is 290 g/mol. The minimum atomic E-state index is 0.162. The molecule has 0 bridgehead atoms. The molecule has 2 aromatic heterocycles. The van der Waals surface area contributed by atoms with Crippen molar-refractivity contribution in [3.8, 4) is 0 Å². The first-order valence-electron chi connectivity index (χ1n) is 7.06. The summed E-state index contributed by atoms with van der Waals surface area (Å²) in [7, 11) is 0. The van der Waals surface area contributed by atoms with Crippen LogP contribution in [-0.4, -0.2) is 15.0 Å². The molecule has 2 rings (SSSR count). The van der Waals surface area contributed by atoms with Crippen LogP contribution in [0.2, 0.25) is 0 Å². The average Bonchev–Trinajstić information content (AvgIpc) is 2.86. The minimum Gasteiger partial charge on any atom is -0.361 e. The lowest BCUT2D eigenvalue weighted by Crippen LogP contribution is -2.10. The second-order valence-corrected chi connectivity index (χ2v) is 6.44. The van der Waals surface area contributed by atoms with Gasteiger partial charge in [0.25, 0.3) is 0 Å². The molecular weight excluding hydrogens is 268 g/mol. The van der Waals surface area contributed by atoms with Crippen LogP contribution in [0.3, 0.4) is 0 Å². The Hall–Kier alpha value is -1.49. The van der Waals surface area contributed by atoms with Gasteiger partial charge in [0.1, 0.15) is 16.6 Å². The van der Waals surface area contributed by atoms with Crippen molar-refractivity contribution in [3.63, 3.8) is 0 Å². The Morgan fingerprint density at radius 1 is 1.25 bits per heavy atom. The van der Waals surface area contributed by atoms with Crippen molar-refractivity contribution in [2.45, 2.75) is 53.0 Å². The second-order valence-electron chi connectivity index (χ2n) is 5.29.